The van der Waals surface area contributed by atoms with E-state index in [4.69, 9.17) is 14.6 Å². The number of amides is 2. The first kappa shape index (κ1) is 35.2. The highest BCUT2D eigenvalue weighted by atomic mass is 19.4. The summed E-state index contributed by atoms with van der Waals surface area (Å²) in [5.41, 5.74) is 3.72. The number of hydrogen-bond donors (Lipinski definition) is 1. The van der Waals surface area contributed by atoms with Gasteiger partial charge in [0.15, 0.2) is 0 Å². The quantitative estimate of drug-likeness (QED) is 0.381. The summed E-state index contributed by atoms with van der Waals surface area (Å²) in [6.45, 7) is 11.1. The number of carbonyl (C=O) groups excluding carboxylic acids is 2. The van der Waals surface area contributed by atoms with Crippen LogP contribution in [0, 0.1) is 19.8 Å². The Hall–Kier alpha value is -3.67. The molecule has 46 heavy (non-hydrogen) atoms. The number of carbonyl (C=O) groups is 3. The molecule has 3 saturated heterocycles. The van der Waals surface area contributed by atoms with Crippen molar-refractivity contribution in [1.29, 1.82) is 0 Å². The lowest BCUT2D eigenvalue weighted by Crippen LogP contribution is -2.61. The Morgan fingerprint density at radius 3 is 2.15 bits per heavy atom. The van der Waals surface area contributed by atoms with Crippen molar-refractivity contribution in [2.45, 2.75) is 90.1 Å². The predicted octanol–water partition coefficient (Wildman–Crippen LogP) is 6.23. The first-order valence-electron chi connectivity index (χ1n) is 16.1. The molecule has 1 N–H and O–H groups in total. The lowest BCUT2D eigenvalue weighted by Gasteiger charge is -2.52. The highest BCUT2D eigenvalue weighted by Crippen LogP contribution is 2.42. The molecule has 1 aromatic heterocycles. The number of rotatable bonds is 7. The van der Waals surface area contributed by atoms with Gasteiger partial charge in [-0.3, -0.25) is 14.7 Å². The van der Waals surface area contributed by atoms with Gasteiger partial charge in [0, 0.05) is 82.0 Å². The number of unbranched alkanes of at least 4 members (excludes halogenated alkanes) is 1. The number of alkyl halides is 3. The lowest BCUT2D eigenvalue weighted by atomic mass is 9.75. The second-order valence-electron chi connectivity index (χ2n) is 12.6. The molecule has 9 nitrogen and oxygen atoms in total. The van der Waals surface area contributed by atoms with E-state index in [9.17, 15) is 22.8 Å². The largest absolute Gasteiger partial charge is 0.490 e. The minimum absolute atomic E-state index is 0.172. The van der Waals surface area contributed by atoms with Crippen LogP contribution in [0.1, 0.15) is 78.9 Å². The Morgan fingerprint density at radius 2 is 1.61 bits per heavy atom. The average Bonchev–Trinajstić information content (AvgIpc) is 3.02. The minimum atomic E-state index is -5.08. The zero-order chi connectivity index (χ0) is 33.5. The van der Waals surface area contributed by atoms with Gasteiger partial charge in [-0.1, -0.05) is 38.0 Å². The molecule has 252 valence electrons. The van der Waals surface area contributed by atoms with Gasteiger partial charge in [-0.2, -0.15) is 13.2 Å². The fourth-order valence-electron chi connectivity index (χ4n) is 6.99. The van der Waals surface area contributed by atoms with E-state index in [1.54, 1.807) is 12.4 Å². The fraction of sp³-hybridized carbons (Fsp3) is 0.588. The summed E-state index contributed by atoms with van der Waals surface area (Å²) >= 11 is 0. The van der Waals surface area contributed by atoms with Crippen molar-refractivity contribution in [3.63, 3.8) is 0 Å². The van der Waals surface area contributed by atoms with Crippen LogP contribution in [0.15, 0.2) is 42.7 Å². The van der Waals surface area contributed by atoms with Gasteiger partial charge in [-0.15, -0.1) is 0 Å². The molecule has 4 heterocycles. The monoisotopic (exact) mass is 646 g/mol. The first-order chi connectivity index (χ1) is 21.8. The molecule has 0 saturated carbocycles. The number of benzene rings is 1. The summed E-state index contributed by atoms with van der Waals surface area (Å²) in [5, 5.41) is 7.12. The third-order valence-corrected chi connectivity index (χ3v) is 9.61. The Morgan fingerprint density at radius 1 is 1.02 bits per heavy atom. The van der Waals surface area contributed by atoms with Crippen LogP contribution in [-0.4, -0.2) is 93.3 Å². The zero-order valence-electron chi connectivity index (χ0n) is 26.9. The van der Waals surface area contributed by atoms with Gasteiger partial charge in [0.05, 0.1) is 0 Å². The maximum Gasteiger partial charge on any atom is 0.490 e. The smallest absolute Gasteiger partial charge is 0.475 e. The summed E-state index contributed by atoms with van der Waals surface area (Å²) < 4.78 is 38.1. The standard InChI is InChI=1S/C32H44N4O3.C2HF3O2/c1-4-5-9-27-23-36(22-26-10-16-33-17-11-26)31(38)39-32(27)14-20-34(21-15-32)28-12-18-35(19-13-28)30(37)29-24(2)7-6-8-25(29)3;3-2(4,5)1(6)7/h6-8,10-11,16-17,27-28H,4-5,9,12-15,18-23H2,1-3H3;(H,6,7). The van der Waals surface area contributed by atoms with E-state index in [0.717, 1.165) is 99.9 Å². The Kier molecular flexibility index (Phi) is 11.7. The molecule has 3 aliphatic rings. The molecule has 12 heteroatoms. The van der Waals surface area contributed by atoms with E-state index >= 15 is 0 Å². The molecule has 2 aromatic rings. The topological polar surface area (TPSA) is 103 Å². The van der Waals surface area contributed by atoms with Crippen LogP contribution in [0.4, 0.5) is 18.0 Å². The molecule has 2 amide bonds. The van der Waals surface area contributed by atoms with Gasteiger partial charge in [0.1, 0.15) is 5.60 Å². The molecule has 1 spiro atoms. The number of aromatic nitrogens is 1. The number of piperidine rings is 2. The second-order valence-corrected chi connectivity index (χ2v) is 12.6. The molecule has 1 atom stereocenters. The highest BCUT2D eigenvalue weighted by Gasteiger charge is 2.50. The van der Waals surface area contributed by atoms with Crippen LogP contribution in [-0.2, 0) is 16.1 Å². The number of halogens is 3. The molecule has 0 aliphatic carbocycles. The molecule has 3 fully saturated rings. The number of carboxylic acid groups (broad SMARTS) is 1. The van der Waals surface area contributed by atoms with Crippen molar-refractivity contribution in [3.8, 4) is 0 Å². The van der Waals surface area contributed by atoms with Crippen molar-refractivity contribution >= 4 is 18.0 Å². The van der Waals surface area contributed by atoms with E-state index in [1.165, 1.54) is 0 Å². The molecule has 3 aliphatic heterocycles. The van der Waals surface area contributed by atoms with Crippen molar-refractivity contribution in [2.24, 2.45) is 5.92 Å². The first-order valence-corrected chi connectivity index (χ1v) is 16.1. The van der Waals surface area contributed by atoms with Crippen LogP contribution in [0.2, 0.25) is 0 Å². The van der Waals surface area contributed by atoms with Gasteiger partial charge in [0.25, 0.3) is 5.91 Å². The normalized spacial score (nSPS) is 20.6. The Bertz CT molecular complexity index is 1320. The Balaban J connectivity index is 0.000000617. The molecule has 5 rings (SSSR count). The maximum atomic E-state index is 13.3. The summed E-state index contributed by atoms with van der Waals surface area (Å²) in [4.78, 5) is 46.0. The van der Waals surface area contributed by atoms with E-state index in [1.807, 2.05) is 54.0 Å². The molecule has 0 radical (unpaired) electrons. The fourth-order valence-corrected chi connectivity index (χ4v) is 6.99. The van der Waals surface area contributed by atoms with Crippen molar-refractivity contribution in [3.05, 3.63) is 65.0 Å². The Labute approximate surface area is 268 Å². The molecule has 1 unspecified atom stereocenters. The van der Waals surface area contributed by atoms with Crippen LogP contribution in [0.25, 0.3) is 0 Å². The second kappa shape index (κ2) is 15.3. The zero-order valence-corrected chi connectivity index (χ0v) is 26.9. The lowest BCUT2D eigenvalue weighted by molar-refractivity contribution is -0.192. The number of likely N-dealkylation sites (tertiary alicyclic amines) is 2. The third kappa shape index (κ3) is 8.57. The number of hydrogen-bond acceptors (Lipinski definition) is 6. The number of ether oxygens (including phenoxy) is 1. The van der Waals surface area contributed by atoms with E-state index in [2.05, 4.69) is 16.8 Å². The molecule has 0 bridgehead atoms. The van der Waals surface area contributed by atoms with Gasteiger partial charge < -0.3 is 19.6 Å². The van der Waals surface area contributed by atoms with Gasteiger partial charge in [-0.05, 0) is 61.9 Å². The predicted molar refractivity (Wildman–Crippen MR) is 166 cm³/mol. The molecular formula is C34H45F3N4O5. The molecular weight excluding hydrogens is 601 g/mol. The number of carboxylic acids is 1. The van der Waals surface area contributed by atoms with Gasteiger partial charge >= 0.3 is 18.2 Å². The third-order valence-electron chi connectivity index (χ3n) is 9.61. The summed E-state index contributed by atoms with van der Waals surface area (Å²) in [7, 11) is 0. The summed E-state index contributed by atoms with van der Waals surface area (Å²) in [6, 6.07) is 10.5. The summed E-state index contributed by atoms with van der Waals surface area (Å²) in [5.74, 6) is -2.23. The van der Waals surface area contributed by atoms with E-state index < -0.39 is 12.1 Å². The van der Waals surface area contributed by atoms with Gasteiger partial charge in [0.2, 0.25) is 0 Å². The van der Waals surface area contributed by atoms with Crippen LogP contribution >= 0.6 is 0 Å². The van der Waals surface area contributed by atoms with E-state index in [0.29, 0.717) is 18.5 Å². The minimum Gasteiger partial charge on any atom is -0.475 e. The number of pyridine rings is 1. The molecule has 1 aromatic carbocycles. The number of aliphatic carboxylic acids is 1. The van der Waals surface area contributed by atoms with Crippen molar-refractivity contribution < 1.29 is 37.4 Å². The average molecular weight is 647 g/mol. The van der Waals surface area contributed by atoms with Gasteiger partial charge in [-0.25, -0.2) is 9.59 Å². The maximum absolute atomic E-state index is 13.3. The van der Waals surface area contributed by atoms with E-state index in [-0.39, 0.29) is 17.6 Å². The van der Waals surface area contributed by atoms with Crippen molar-refractivity contribution in [1.82, 2.24) is 19.7 Å². The highest BCUT2D eigenvalue weighted by molar-refractivity contribution is 5.97. The number of aryl methyl sites for hydroxylation is 2. The van der Waals surface area contributed by atoms with Crippen LogP contribution in [0.5, 0.6) is 0 Å². The SMILES string of the molecule is CCCCC1CN(Cc2ccncc2)C(=O)OC12CCN(C1CCN(C(=O)c3c(C)cccc3C)CC1)CC2.O=C(O)C(F)(F)F. The summed E-state index contributed by atoms with van der Waals surface area (Å²) in [6.07, 6.45) is 5.50. The van der Waals surface area contributed by atoms with Crippen LogP contribution < -0.4 is 0 Å². The number of nitrogens with zero attached hydrogens (tertiary/aromatic N) is 4. The van der Waals surface area contributed by atoms with Crippen molar-refractivity contribution in [2.75, 3.05) is 32.7 Å². The van der Waals surface area contributed by atoms with Crippen LogP contribution in [0.3, 0.4) is 0 Å².